The molecule has 0 N–H and O–H groups in total. The molecule has 0 bridgehead atoms. The summed E-state index contributed by atoms with van der Waals surface area (Å²) in [5.74, 6) is 6.12. The SMILES string of the molecule is CO[C@H]1CC[C@@]2(C)C(CC=C3C2CC[C@@]2(C)C3CC[C@@H]2[C@H](C)CC[C@@H](C)C(C)C)C1. The Bertz CT molecular complexity index is 634. The van der Waals surface area contributed by atoms with Crippen molar-refractivity contribution < 1.29 is 4.74 Å². The predicted molar refractivity (Wildman–Crippen MR) is 128 cm³/mol. The van der Waals surface area contributed by atoms with Crippen molar-refractivity contribution in [3.63, 3.8) is 0 Å². The Morgan fingerprint density at radius 3 is 2.33 bits per heavy atom. The summed E-state index contributed by atoms with van der Waals surface area (Å²) in [6, 6.07) is 0. The maximum Gasteiger partial charge on any atom is 0.0574 e. The molecule has 4 rings (SSSR count). The first-order valence-electron chi connectivity index (χ1n) is 13.4. The van der Waals surface area contributed by atoms with Crippen molar-refractivity contribution in [2.24, 2.45) is 52.3 Å². The lowest BCUT2D eigenvalue weighted by atomic mass is 9.47. The third-order valence-electron chi connectivity index (χ3n) is 11.3. The van der Waals surface area contributed by atoms with Crippen LogP contribution >= 0.6 is 0 Å². The third-order valence-corrected chi connectivity index (χ3v) is 11.3. The molecular formula is C29H50O. The molecule has 3 fully saturated rings. The van der Waals surface area contributed by atoms with E-state index >= 15 is 0 Å². The number of methoxy groups -OCH3 is 1. The second-order valence-electron chi connectivity index (χ2n) is 12.9. The topological polar surface area (TPSA) is 9.23 Å². The Morgan fingerprint density at radius 1 is 0.933 bits per heavy atom. The van der Waals surface area contributed by atoms with Gasteiger partial charge in [0.25, 0.3) is 0 Å². The Hall–Kier alpha value is -0.300. The smallest absolute Gasteiger partial charge is 0.0574 e. The van der Waals surface area contributed by atoms with Gasteiger partial charge < -0.3 is 4.74 Å². The van der Waals surface area contributed by atoms with E-state index in [-0.39, 0.29) is 0 Å². The summed E-state index contributed by atoms with van der Waals surface area (Å²) < 4.78 is 5.78. The third kappa shape index (κ3) is 3.74. The van der Waals surface area contributed by atoms with Gasteiger partial charge in [-0.25, -0.2) is 0 Å². The van der Waals surface area contributed by atoms with Crippen LogP contribution in [0.4, 0.5) is 0 Å². The van der Waals surface area contributed by atoms with E-state index < -0.39 is 0 Å². The van der Waals surface area contributed by atoms with Crippen LogP contribution in [0.25, 0.3) is 0 Å². The molecule has 9 atom stereocenters. The first-order valence-corrected chi connectivity index (χ1v) is 13.4. The van der Waals surface area contributed by atoms with E-state index in [0.717, 1.165) is 41.4 Å². The average Bonchev–Trinajstić information content (AvgIpc) is 3.08. The molecule has 0 aromatic heterocycles. The van der Waals surface area contributed by atoms with Gasteiger partial charge >= 0.3 is 0 Å². The van der Waals surface area contributed by atoms with Crippen molar-refractivity contribution in [2.75, 3.05) is 7.11 Å². The van der Waals surface area contributed by atoms with Gasteiger partial charge in [-0.2, -0.15) is 0 Å². The van der Waals surface area contributed by atoms with E-state index in [1.54, 1.807) is 0 Å². The molecule has 172 valence electrons. The number of fused-ring (bicyclic) bond motifs is 5. The number of ether oxygens (including phenoxy) is 1. The van der Waals surface area contributed by atoms with Gasteiger partial charge in [-0.3, -0.25) is 0 Å². The number of rotatable bonds is 6. The Labute approximate surface area is 187 Å². The minimum atomic E-state index is 0.511. The average molecular weight is 415 g/mol. The Kier molecular flexibility index (Phi) is 6.53. The Balaban J connectivity index is 1.49. The summed E-state index contributed by atoms with van der Waals surface area (Å²) in [6.45, 7) is 15.2. The van der Waals surface area contributed by atoms with Crippen LogP contribution in [0.3, 0.4) is 0 Å². The maximum absolute atomic E-state index is 5.78. The highest BCUT2D eigenvalue weighted by molar-refractivity contribution is 5.27. The zero-order valence-corrected chi connectivity index (χ0v) is 21.2. The summed E-state index contributed by atoms with van der Waals surface area (Å²) >= 11 is 0. The highest BCUT2D eigenvalue weighted by Gasteiger charge is 2.58. The van der Waals surface area contributed by atoms with E-state index in [1.807, 2.05) is 12.7 Å². The molecule has 0 radical (unpaired) electrons. The molecule has 1 heteroatoms. The molecule has 0 aliphatic heterocycles. The van der Waals surface area contributed by atoms with Gasteiger partial charge in [0.15, 0.2) is 0 Å². The number of allylic oxidation sites excluding steroid dienone is 2. The molecule has 0 aromatic carbocycles. The molecule has 4 aliphatic carbocycles. The molecule has 1 nitrogen and oxygen atoms in total. The van der Waals surface area contributed by atoms with Crippen LogP contribution in [0.15, 0.2) is 11.6 Å². The molecule has 0 spiro atoms. The standard InChI is InChI=1S/C29H50O/c1-19(2)20(3)8-9-21(4)25-12-13-26-24-11-10-22-18-23(30-7)14-16-28(22,5)27(24)15-17-29(25,26)6/h11,19-23,25-27H,8-10,12-18H2,1-7H3/t20-,21-,22?,23+,25-,26?,27?,28+,29-/m1/s1. The molecule has 3 unspecified atom stereocenters. The van der Waals surface area contributed by atoms with Crippen molar-refractivity contribution in [2.45, 2.75) is 112 Å². The molecule has 3 saturated carbocycles. The van der Waals surface area contributed by atoms with E-state index in [1.165, 1.54) is 64.2 Å². The molecular weight excluding hydrogens is 364 g/mol. The Morgan fingerprint density at radius 2 is 1.63 bits per heavy atom. The van der Waals surface area contributed by atoms with E-state index in [4.69, 9.17) is 4.74 Å². The second kappa shape index (κ2) is 8.57. The highest BCUT2D eigenvalue weighted by atomic mass is 16.5. The summed E-state index contributed by atoms with van der Waals surface area (Å²) in [6.07, 6.45) is 17.3. The quantitative estimate of drug-likeness (QED) is 0.397. The van der Waals surface area contributed by atoms with Crippen molar-refractivity contribution in [1.82, 2.24) is 0 Å². The predicted octanol–water partition coefficient (Wildman–Crippen LogP) is 8.29. The summed E-state index contributed by atoms with van der Waals surface area (Å²) in [5, 5.41) is 0. The second-order valence-corrected chi connectivity index (χ2v) is 12.9. The molecule has 30 heavy (non-hydrogen) atoms. The molecule has 0 heterocycles. The van der Waals surface area contributed by atoms with Crippen LogP contribution in [-0.2, 0) is 4.74 Å². The van der Waals surface area contributed by atoms with Crippen molar-refractivity contribution in [1.29, 1.82) is 0 Å². The minimum Gasteiger partial charge on any atom is -0.381 e. The van der Waals surface area contributed by atoms with Gasteiger partial charge in [0.05, 0.1) is 6.10 Å². The van der Waals surface area contributed by atoms with E-state index in [9.17, 15) is 0 Å². The first-order chi connectivity index (χ1) is 14.2. The fourth-order valence-electron chi connectivity index (χ4n) is 8.72. The minimum absolute atomic E-state index is 0.511. The largest absolute Gasteiger partial charge is 0.381 e. The van der Waals surface area contributed by atoms with Crippen LogP contribution in [0.1, 0.15) is 106 Å². The van der Waals surface area contributed by atoms with Crippen LogP contribution < -0.4 is 0 Å². The lowest BCUT2D eigenvalue weighted by molar-refractivity contribution is -0.0544. The van der Waals surface area contributed by atoms with Crippen molar-refractivity contribution in [3.05, 3.63) is 11.6 Å². The summed E-state index contributed by atoms with van der Waals surface area (Å²) in [5.41, 5.74) is 3.02. The van der Waals surface area contributed by atoms with Gasteiger partial charge in [0.1, 0.15) is 0 Å². The fraction of sp³-hybridized carbons (Fsp3) is 0.931. The van der Waals surface area contributed by atoms with E-state index in [0.29, 0.717) is 16.9 Å². The van der Waals surface area contributed by atoms with E-state index in [2.05, 4.69) is 47.6 Å². The maximum atomic E-state index is 5.78. The highest BCUT2D eigenvalue weighted by Crippen LogP contribution is 2.67. The summed E-state index contributed by atoms with van der Waals surface area (Å²) in [7, 11) is 1.92. The summed E-state index contributed by atoms with van der Waals surface area (Å²) in [4.78, 5) is 0. The first kappa shape index (κ1) is 22.9. The molecule has 4 aliphatic rings. The molecule has 0 aromatic rings. The van der Waals surface area contributed by atoms with Gasteiger partial charge in [-0.1, -0.05) is 66.0 Å². The van der Waals surface area contributed by atoms with Crippen molar-refractivity contribution >= 4 is 0 Å². The number of hydrogen-bond acceptors (Lipinski definition) is 1. The van der Waals surface area contributed by atoms with Crippen LogP contribution in [0, 0.1) is 52.3 Å². The van der Waals surface area contributed by atoms with Gasteiger partial charge in [-0.05, 0) is 104 Å². The van der Waals surface area contributed by atoms with Crippen LogP contribution in [0.2, 0.25) is 0 Å². The van der Waals surface area contributed by atoms with Crippen LogP contribution in [-0.4, -0.2) is 13.2 Å². The van der Waals surface area contributed by atoms with Crippen LogP contribution in [0.5, 0.6) is 0 Å². The van der Waals surface area contributed by atoms with Crippen molar-refractivity contribution in [3.8, 4) is 0 Å². The van der Waals surface area contributed by atoms with Gasteiger partial charge in [0.2, 0.25) is 0 Å². The zero-order chi connectivity index (χ0) is 21.7. The lowest BCUT2D eigenvalue weighted by Crippen LogP contribution is -2.50. The zero-order valence-electron chi connectivity index (χ0n) is 21.2. The number of hydrogen-bond donors (Lipinski definition) is 0. The van der Waals surface area contributed by atoms with Gasteiger partial charge in [0, 0.05) is 7.11 Å². The molecule has 0 saturated heterocycles. The normalized spacial score (nSPS) is 45.3. The van der Waals surface area contributed by atoms with Gasteiger partial charge in [-0.15, -0.1) is 0 Å². The fourth-order valence-corrected chi connectivity index (χ4v) is 8.72. The molecule has 0 amide bonds. The lowest BCUT2D eigenvalue weighted by Gasteiger charge is -2.58. The monoisotopic (exact) mass is 414 g/mol.